The maximum absolute atomic E-state index is 11.7. The van der Waals surface area contributed by atoms with E-state index in [2.05, 4.69) is 11.7 Å². The summed E-state index contributed by atoms with van der Waals surface area (Å²) in [7, 11) is 0. The minimum Gasteiger partial charge on any atom is -0.504 e. The Hall–Kier alpha value is -2.24. The SMILES string of the molecule is CCCCCCCC(=O)OC(=O)c1cc(O)c(O)c(O)c1. The molecule has 0 saturated heterocycles. The molecular weight excluding hydrogens is 276 g/mol. The van der Waals surface area contributed by atoms with Crippen molar-refractivity contribution in [2.45, 2.75) is 45.4 Å². The lowest BCUT2D eigenvalue weighted by molar-refractivity contribution is -0.138. The fourth-order valence-corrected chi connectivity index (χ4v) is 1.81. The van der Waals surface area contributed by atoms with Crippen LogP contribution < -0.4 is 0 Å². The molecule has 0 unspecified atom stereocenters. The zero-order valence-corrected chi connectivity index (χ0v) is 12.0. The van der Waals surface area contributed by atoms with Crippen LogP contribution in [0.3, 0.4) is 0 Å². The Morgan fingerprint density at radius 2 is 1.57 bits per heavy atom. The second kappa shape index (κ2) is 8.14. The van der Waals surface area contributed by atoms with Crippen molar-refractivity contribution in [3.8, 4) is 17.2 Å². The summed E-state index contributed by atoms with van der Waals surface area (Å²) in [6, 6.07) is 1.85. The Labute approximate surface area is 123 Å². The molecular formula is C15H20O6. The van der Waals surface area contributed by atoms with Gasteiger partial charge in [-0.2, -0.15) is 0 Å². The summed E-state index contributed by atoms with van der Waals surface area (Å²) in [5.41, 5.74) is -0.206. The average Bonchev–Trinajstić information content (AvgIpc) is 2.43. The van der Waals surface area contributed by atoms with E-state index in [1.807, 2.05) is 0 Å². The molecule has 1 rings (SSSR count). The molecule has 0 saturated carbocycles. The smallest absolute Gasteiger partial charge is 0.346 e. The Morgan fingerprint density at radius 3 is 2.14 bits per heavy atom. The molecule has 6 heteroatoms. The molecule has 0 spiro atoms. The van der Waals surface area contributed by atoms with Gasteiger partial charge in [0.2, 0.25) is 0 Å². The minimum absolute atomic E-state index is 0.144. The van der Waals surface area contributed by atoms with Gasteiger partial charge >= 0.3 is 11.9 Å². The first kappa shape index (κ1) is 16.8. The fourth-order valence-electron chi connectivity index (χ4n) is 1.81. The zero-order valence-electron chi connectivity index (χ0n) is 12.0. The summed E-state index contributed by atoms with van der Waals surface area (Å²) in [6.45, 7) is 2.09. The molecule has 6 nitrogen and oxygen atoms in total. The van der Waals surface area contributed by atoms with E-state index in [0.29, 0.717) is 6.42 Å². The van der Waals surface area contributed by atoms with Crippen LogP contribution >= 0.6 is 0 Å². The third-order valence-electron chi connectivity index (χ3n) is 3.00. The lowest BCUT2D eigenvalue weighted by Gasteiger charge is -2.06. The summed E-state index contributed by atoms with van der Waals surface area (Å²) in [4.78, 5) is 23.1. The van der Waals surface area contributed by atoms with Gasteiger partial charge in [-0.05, 0) is 18.6 Å². The number of hydrogen-bond donors (Lipinski definition) is 3. The fraction of sp³-hybridized carbons (Fsp3) is 0.467. The molecule has 0 bridgehead atoms. The number of carbonyl (C=O) groups is 2. The molecule has 3 N–H and O–H groups in total. The Morgan fingerprint density at radius 1 is 1.00 bits per heavy atom. The van der Waals surface area contributed by atoms with E-state index < -0.39 is 29.2 Å². The molecule has 21 heavy (non-hydrogen) atoms. The van der Waals surface area contributed by atoms with Crippen molar-refractivity contribution in [1.82, 2.24) is 0 Å². The van der Waals surface area contributed by atoms with E-state index in [4.69, 9.17) is 5.11 Å². The third kappa shape index (κ3) is 5.33. The van der Waals surface area contributed by atoms with Crippen LogP contribution in [0.15, 0.2) is 12.1 Å². The van der Waals surface area contributed by atoms with Gasteiger partial charge in [-0.15, -0.1) is 0 Å². The van der Waals surface area contributed by atoms with E-state index >= 15 is 0 Å². The number of benzene rings is 1. The number of ether oxygens (including phenoxy) is 1. The quantitative estimate of drug-likeness (QED) is 0.309. The first-order valence-electron chi connectivity index (χ1n) is 6.95. The topological polar surface area (TPSA) is 104 Å². The Kier molecular flexibility index (Phi) is 6.52. The van der Waals surface area contributed by atoms with Crippen LogP contribution in [0.5, 0.6) is 17.2 Å². The number of aromatic hydroxyl groups is 3. The molecule has 0 atom stereocenters. The Bertz CT molecular complexity index is 486. The summed E-state index contributed by atoms with van der Waals surface area (Å²) < 4.78 is 4.61. The first-order valence-corrected chi connectivity index (χ1v) is 6.95. The van der Waals surface area contributed by atoms with E-state index in [9.17, 15) is 19.8 Å². The molecule has 0 fully saturated rings. The van der Waals surface area contributed by atoms with Crippen molar-refractivity contribution in [3.63, 3.8) is 0 Å². The van der Waals surface area contributed by atoms with Crippen molar-refractivity contribution in [3.05, 3.63) is 17.7 Å². The van der Waals surface area contributed by atoms with Gasteiger partial charge in [0.1, 0.15) is 0 Å². The van der Waals surface area contributed by atoms with Gasteiger partial charge in [-0.3, -0.25) is 4.79 Å². The predicted molar refractivity (Wildman–Crippen MR) is 75.2 cm³/mol. The van der Waals surface area contributed by atoms with Crippen LogP contribution in [-0.4, -0.2) is 27.3 Å². The highest BCUT2D eigenvalue weighted by atomic mass is 16.6. The van der Waals surface area contributed by atoms with Crippen molar-refractivity contribution in [2.75, 3.05) is 0 Å². The molecule has 0 aromatic heterocycles. The van der Waals surface area contributed by atoms with Crippen LogP contribution in [-0.2, 0) is 9.53 Å². The normalized spacial score (nSPS) is 10.3. The number of phenolic OH excluding ortho intramolecular Hbond substituents is 3. The highest BCUT2D eigenvalue weighted by Gasteiger charge is 2.17. The highest BCUT2D eigenvalue weighted by molar-refractivity contribution is 5.97. The lowest BCUT2D eigenvalue weighted by Crippen LogP contribution is -2.12. The van der Waals surface area contributed by atoms with E-state index in [-0.39, 0.29) is 12.0 Å². The minimum atomic E-state index is -0.973. The van der Waals surface area contributed by atoms with Crippen LogP contribution in [0.25, 0.3) is 0 Å². The summed E-state index contributed by atoms with van der Waals surface area (Å²) in [5.74, 6) is -3.67. The molecule has 0 heterocycles. The van der Waals surface area contributed by atoms with E-state index in [1.165, 1.54) is 0 Å². The largest absolute Gasteiger partial charge is 0.504 e. The monoisotopic (exact) mass is 296 g/mol. The predicted octanol–water partition coefficient (Wildman–Crippen LogP) is 2.85. The van der Waals surface area contributed by atoms with E-state index in [1.54, 1.807) is 0 Å². The average molecular weight is 296 g/mol. The van der Waals surface area contributed by atoms with Crippen molar-refractivity contribution in [1.29, 1.82) is 0 Å². The molecule has 0 aliphatic rings. The van der Waals surface area contributed by atoms with Gasteiger partial charge in [-0.25, -0.2) is 4.79 Å². The van der Waals surface area contributed by atoms with Crippen LogP contribution in [0.4, 0.5) is 0 Å². The van der Waals surface area contributed by atoms with Gasteiger partial charge in [0, 0.05) is 6.42 Å². The van der Waals surface area contributed by atoms with Gasteiger partial charge in [-0.1, -0.05) is 32.6 Å². The van der Waals surface area contributed by atoms with Crippen molar-refractivity contribution >= 4 is 11.9 Å². The number of rotatable bonds is 7. The van der Waals surface area contributed by atoms with Gasteiger partial charge < -0.3 is 20.1 Å². The highest BCUT2D eigenvalue weighted by Crippen LogP contribution is 2.35. The van der Waals surface area contributed by atoms with Gasteiger partial charge in [0.15, 0.2) is 17.2 Å². The van der Waals surface area contributed by atoms with Crippen LogP contribution in [0.2, 0.25) is 0 Å². The summed E-state index contributed by atoms with van der Waals surface area (Å²) in [6.07, 6.45) is 4.95. The summed E-state index contributed by atoms with van der Waals surface area (Å²) >= 11 is 0. The maximum atomic E-state index is 11.7. The maximum Gasteiger partial charge on any atom is 0.346 e. The Balaban J connectivity index is 2.48. The molecule has 0 aliphatic heterocycles. The molecule has 0 aliphatic carbocycles. The molecule has 116 valence electrons. The van der Waals surface area contributed by atoms with Crippen LogP contribution in [0, 0.1) is 0 Å². The second-order valence-electron chi connectivity index (χ2n) is 4.79. The number of esters is 2. The number of phenols is 3. The van der Waals surface area contributed by atoms with Gasteiger partial charge in [0.25, 0.3) is 0 Å². The molecule has 1 aromatic carbocycles. The first-order chi connectivity index (χ1) is 9.95. The summed E-state index contributed by atoms with van der Waals surface area (Å²) in [5, 5.41) is 27.7. The van der Waals surface area contributed by atoms with E-state index in [0.717, 1.165) is 37.8 Å². The standard InChI is InChI=1S/C15H20O6/c1-2-3-4-5-6-7-13(18)21-15(20)10-8-11(16)14(19)12(17)9-10/h8-9,16-17,19H,2-7H2,1H3. The number of carbonyl (C=O) groups excluding carboxylic acids is 2. The third-order valence-corrected chi connectivity index (χ3v) is 3.00. The van der Waals surface area contributed by atoms with Crippen LogP contribution in [0.1, 0.15) is 55.8 Å². The van der Waals surface area contributed by atoms with Crippen molar-refractivity contribution in [2.24, 2.45) is 0 Å². The van der Waals surface area contributed by atoms with Crippen molar-refractivity contribution < 1.29 is 29.6 Å². The zero-order chi connectivity index (χ0) is 15.8. The second-order valence-corrected chi connectivity index (χ2v) is 4.79. The molecule has 0 radical (unpaired) electrons. The molecule has 1 aromatic rings. The number of hydrogen-bond acceptors (Lipinski definition) is 6. The molecule has 0 amide bonds. The lowest BCUT2D eigenvalue weighted by atomic mass is 10.1. The number of unbranched alkanes of at least 4 members (excludes halogenated alkanes) is 4. The van der Waals surface area contributed by atoms with Gasteiger partial charge in [0.05, 0.1) is 5.56 Å².